The lowest BCUT2D eigenvalue weighted by molar-refractivity contribution is -0.379. The van der Waals surface area contributed by atoms with Gasteiger partial charge in [-0.3, -0.25) is 4.79 Å². The number of rotatable bonds is 64. The van der Waals surface area contributed by atoms with Crippen LogP contribution in [-0.2, 0) is 33.2 Å². The highest BCUT2D eigenvalue weighted by atomic mass is 16.8. The lowest BCUT2D eigenvalue weighted by atomic mass is 9.96. The van der Waals surface area contributed by atoms with Crippen molar-refractivity contribution in [1.29, 1.82) is 0 Å². The molecule has 3 aliphatic rings. The largest absolute Gasteiger partial charge is 0.394 e. The van der Waals surface area contributed by atoms with E-state index in [4.69, 9.17) is 28.4 Å². The van der Waals surface area contributed by atoms with E-state index < -0.39 is 124 Å². The summed E-state index contributed by atoms with van der Waals surface area (Å²) in [6, 6.07) is -0.995. The maximum Gasteiger partial charge on any atom is 0.220 e. The number of ether oxygens (including phenoxy) is 6. The molecule has 3 fully saturated rings. The molecule has 3 heterocycles. The van der Waals surface area contributed by atoms with Gasteiger partial charge in [-0.2, -0.15) is 0 Å². The van der Waals surface area contributed by atoms with E-state index in [0.717, 1.165) is 44.9 Å². The highest BCUT2D eigenvalue weighted by Gasteiger charge is 2.54. The Balaban J connectivity index is 1.31. The quantitative estimate of drug-likeness (QED) is 0.0199. The van der Waals surface area contributed by atoms with Crippen LogP contribution in [-0.4, -0.2) is 193 Å². The third kappa shape index (κ3) is 40.3. The van der Waals surface area contributed by atoms with Gasteiger partial charge < -0.3 is 89.9 Å². The van der Waals surface area contributed by atoms with Crippen molar-refractivity contribution in [3.8, 4) is 0 Å². The average Bonchev–Trinajstić information content (AvgIpc) is 0.785. The normalized spacial score (nSPS) is 26.9. The van der Waals surface area contributed by atoms with Crippen molar-refractivity contribution in [3.05, 3.63) is 36.5 Å². The Hall–Kier alpha value is -1.99. The van der Waals surface area contributed by atoms with Crippen LogP contribution in [0.4, 0.5) is 0 Å². The van der Waals surface area contributed by atoms with Gasteiger partial charge >= 0.3 is 0 Å². The van der Waals surface area contributed by atoms with Crippen LogP contribution in [0.15, 0.2) is 36.5 Å². The molecule has 17 unspecified atom stereocenters. The second-order valence-corrected chi connectivity index (χ2v) is 28.9. The molecule has 0 saturated carbocycles. The highest BCUT2D eigenvalue weighted by molar-refractivity contribution is 5.76. The average molecular weight is 1400 g/mol. The Bertz CT molecular complexity index is 1910. The minimum atomic E-state index is -1.98. The zero-order chi connectivity index (χ0) is 71.1. The van der Waals surface area contributed by atoms with Gasteiger partial charge in [0.25, 0.3) is 0 Å². The highest BCUT2D eigenvalue weighted by Crippen LogP contribution is 2.33. The molecule has 576 valence electrons. The van der Waals surface area contributed by atoms with Gasteiger partial charge in [0.1, 0.15) is 73.2 Å². The first-order valence-electron chi connectivity index (χ1n) is 40.2. The molecule has 0 aromatic heterocycles. The van der Waals surface area contributed by atoms with Crippen molar-refractivity contribution < 1.29 is 89.4 Å². The van der Waals surface area contributed by atoms with E-state index in [1.165, 1.54) is 250 Å². The van der Waals surface area contributed by atoms with Crippen molar-refractivity contribution in [2.24, 2.45) is 0 Å². The Morgan fingerprint density at radius 1 is 0.357 bits per heavy atom. The zero-order valence-corrected chi connectivity index (χ0v) is 61.5. The van der Waals surface area contributed by atoms with E-state index in [-0.39, 0.29) is 18.9 Å². The summed E-state index contributed by atoms with van der Waals surface area (Å²) in [6.45, 7) is 1.73. The number of amides is 1. The lowest BCUT2D eigenvalue weighted by Crippen LogP contribution is -2.66. The number of hydrogen-bond donors (Lipinski definition) is 12. The first kappa shape index (κ1) is 90.2. The molecule has 0 spiro atoms. The molecule has 12 N–H and O–H groups in total. The Morgan fingerprint density at radius 3 is 1.02 bits per heavy atom. The number of aliphatic hydroxyl groups is 11. The van der Waals surface area contributed by atoms with Crippen molar-refractivity contribution in [1.82, 2.24) is 5.32 Å². The molecule has 19 heteroatoms. The van der Waals surface area contributed by atoms with Gasteiger partial charge in [-0.15, -0.1) is 0 Å². The van der Waals surface area contributed by atoms with E-state index in [1.54, 1.807) is 6.08 Å². The van der Waals surface area contributed by atoms with Crippen LogP contribution >= 0.6 is 0 Å². The first-order valence-corrected chi connectivity index (χ1v) is 40.2. The fourth-order valence-electron chi connectivity index (χ4n) is 13.7. The number of carbonyl (C=O) groups is 1. The van der Waals surface area contributed by atoms with E-state index in [0.29, 0.717) is 12.8 Å². The van der Waals surface area contributed by atoms with Gasteiger partial charge in [-0.05, 0) is 44.9 Å². The van der Waals surface area contributed by atoms with Crippen molar-refractivity contribution >= 4 is 5.91 Å². The van der Waals surface area contributed by atoms with Gasteiger partial charge in [0.05, 0.1) is 38.6 Å². The third-order valence-corrected chi connectivity index (χ3v) is 20.2. The molecule has 1 amide bonds. The number of aliphatic hydroxyl groups excluding tert-OH is 11. The number of nitrogens with one attached hydrogen (secondary N) is 1. The molecule has 98 heavy (non-hydrogen) atoms. The summed E-state index contributed by atoms with van der Waals surface area (Å²) in [5.41, 5.74) is 0. The molecule has 3 aliphatic heterocycles. The molecule has 0 aromatic carbocycles. The van der Waals surface area contributed by atoms with E-state index >= 15 is 0 Å². The monoisotopic (exact) mass is 1400 g/mol. The van der Waals surface area contributed by atoms with E-state index in [9.17, 15) is 61.0 Å². The molecular weight excluding hydrogens is 1250 g/mol. The zero-order valence-electron chi connectivity index (χ0n) is 61.5. The van der Waals surface area contributed by atoms with Crippen LogP contribution in [0.5, 0.6) is 0 Å². The molecule has 0 aromatic rings. The summed E-state index contributed by atoms with van der Waals surface area (Å²) in [4.78, 5) is 13.4. The number of hydrogen-bond acceptors (Lipinski definition) is 18. The second kappa shape index (κ2) is 60.3. The fourth-order valence-corrected chi connectivity index (χ4v) is 13.7. The van der Waals surface area contributed by atoms with Crippen LogP contribution in [0.2, 0.25) is 0 Å². The predicted molar refractivity (Wildman–Crippen MR) is 388 cm³/mol. The lowest BCUT2D eigenvalue weighted by Gasteiger charge is -2.48. The molecule has 17 atom stereocenters. The minimum absolute atomic E-state index is 0.236. The summed E-state index contributed by atoms with van der Waals surface area (Å²) in [7, 11) is 0. The fraction of sp³-hybridized carbons (Fsp3) is 0.911. The van der Waals surface area contributed by atoms with Gasteiger partial charge in [-0.25, -0.2) is 0 Å². The van der Waals surface area contributed by atoms with Gasteiger partial charge in [-0.1, -0.05) is 314 Å². The Morgan fingerprint density at radius 2 is 0.653 bits per heavy atom. The summed E-state index contributed by atoms with van der Waals surface area (Å²) in [6.07, 6.45) is 47.4. The van der Waals surface area contributed by atoms with Crippen LogP contribution in [0.3, 0.4) is 0 Å². The van der Waals surface area contributed by atoms with Crippen LogP contribution in [0, 0.1) is 0 Å². The van der Waals surface area contributed by atoms with Crippen molar-refractivity contribution in [3.63, 3.8) is 0 Å². The number of carbonyl (C=O) groups excluding carboxylic acids is 1. The molecule has 3 saturated heterocycles. The van der Waals surface area contributed by atoms with Crippen LogP contribution in [0.1, 0.15) is 328 Å². The van der Waals surface area contributed by atoms with Gasteiger partial charge in [0.2, 0.25) is 5.91 Å². The van der Waals surface area contributed by atoms with Crippen molar-refractivity contribution in [2.45, 2.75) is 433 Å². The molecule has 19 nitrogen and oxygen atoms in total. The van der Waals surface area contributed by atoms with Gasteiger partial charge in [0, 0.05) is 6.42 Å². The molecular formula is C79H147NO18. The maximum atomic E-state index is 13.4. The SMILES string of the molecule is CCCCCCCC/C=C/CC/C=C/CC/C=C/C(O)C(COC1OC(CO)C(OC2OC(CO)C(OC3OC(CO)C(O)C(O)C3O)C(O)C2O)C(O)C1O)NC(=O)CCCCCCCCCCCCCCCCCCCCCCCCCCCCCCCCCCCCCCC. The number of allylic oxidation sites excluding steroid dienone is 5. The minimum Gasteiger partial charge on any atom is -0.394 e. The standard InChI is InChI=1S/C79H147NO18/c1-3-5-7-9-11-13-15-17-19-21-22-23-24-25-26-27-28-29-30-31-32-33-34-35-36-37-38-39-40-41-43-45-47-49-51-53-55-57-67(85)80-62(63(84)56-54-52-50-48-46-44-42-20-18-16-14-12-10-8-6-4-2)61-93-77-73(91)70(88)75(65(59-82)95-77)98-79-74(92)71(89)76(66(60-83)96-79)97-78-72(90)69(87)68(86)64(58-81)94-78/h18,20,46,48,54,56,62-66,68-79,81-84,86-92H,3-17,19,21-45,47,49-53,55,57-61H2,1-2H3,(H,80,85)/b20-18+,48-46+,56-54+. The topological polar surface area (TPSA) is 307 Å². The molecule has 0 radical (unpaired) electrons. The smallest absolute Gasteiger partial charge is 0.220 e. The molecule has 0 aliphatic carbocycles. The Kier molecular flexibility index (Phi) is 55.5. The third-order valence-electron chi connectivity index (χ3n) is 20.2. The van der Waals surface area contributed by atoms with Gasteiger partial charge in [0.15, 0.2) is 18.9 Å². The second-order valence-electron chi connectivity index (χ2n) is 28.9. The summed E-state index contributed by atoms with van der Waals surface area (Å²) in [5, 5.41) is 121. The Labute approximate surface area is 593 Å². The van der Waals surface area contributed by atoms with E-state index in [1.807, 2.05) is 6.08 Å². The summed E-state index contributed by atoms with van der Waals surface area (Å²) >= 11 is 0. The van der Waals surface area contributed by atoms with Crippen LogP contribution < -0.4 is 5.32 Å². The summed E-state index contributed by atoms with van der Waals surface area (Å²) < 4.78 is 34.4. The molecule has 0 bridgehead atoms. The van der Waals surface area contributed by atoms with E-state index in [2.05, 4.69) is 43.5 Å². The predicted octanol–water partition coefficient (Wildman–Crippen LogP) is 13.1. The first-order chi connectivity index (χ1) is 47.8. The van der Waals surface area contributed by atoms with Crippen LogP contribution in [0.25, 0.3) is 0 Å². The number of unbranched alkanes of at least 4 members (excludes halogenated alkanes) is 44. The van der Waals surface area contributed by atoms with Crippen molar-refractivity contribution in [2.75, 3.05) is 26.4 Å². The maximum absolute atomic E-state index is 13.4. The molecule has 3 rings (SSSR count). The summed E-state index contributed by atoms with van der Waals surface area (Å²) in [5.74, 6) is -0.284.